The summed E-state index contributed by atoms with van der Waals surface area (Å²) in [5, 5.41) is 13.0. The van der Waals surface area contributed by atoms with Gasteiger partial charge in [0.2, 0.25) is 0 Å². The maximum absolute atomic E-state index is 14.1. The van der Waals surface area contributed by atoms with Crippen LogP contribution in [0.25, 0.3) is 11.1 Å². The van der Waals surface area contributed by atoms with Crippen LogP contribution in [0, 0.1) is 12.7 Å². The Hall–Kier alpha value is -4.15. The van der Waals surface area contributed by atoms with Gasteiger partial charge in [-0.3, -0.25) is 9.59 Å². The molecule has 1 heterocycles. The van der Waals surface area contributed by atoms with Crippen molar-refractivity contribution in [1.29, 1.82) is 0 Å². The lowest BCUT2D eigenvalue weighted by atomic mass is 9.90. The number of anilines is 2. The summed E-state index contributed by atoms with van der Waals surface area (Å²) < 4.78 is 36.9. The number of carbonyl (C=O) groups is 2. The Labute approximate surface area is 270 Å². The molecule has 0 radical (unpaired) electrons. The Balaban J connectivity index is 1.60. The van der Waals surface area contributed by atoms with Gasteiger partial charge >= 0.3 is 5.97 Å². The first-order valence-corrected chi connectivity index (χ1v) is 15.5. The lowest BCUT2D eigenvalue weighted by Crippen LogP contribution is -2.52. The Kier molecular flexibility index (Phi) is 10.6. The molecule has 10 heteroatoms. The standard InChI is InChI=1S/C36H45FN2O7/c1-9-24-18-26(43-20-23(3)46-32(40)16-17-45-36(6,7)42)12-13-27(24)28-14-15-30-33(39(8)34(41)35(4,5)38-30)29(28)21-44-31-19-25(37)11-10-22(31)2/h10-15,18-19,23,38,42H,9,16-17,20-21H2,1-8H3. The zero-order valence-corrected chi connectivity index (χ0v) is 28.0. The number of aryl methyl sites for hydroxylation is 2. The molecule has 2 N–H and O–H groups in total. The molecule has 0 saturated carbocycles. The van der Waals surface area contributed by atoms with Crippen LogP contribution in [0.5, 0.6) is 11.5 Å². The number of amides is 1. The number of hydrogen-bond donors (Lipinski definition) is 2. The molecule has 4 rings (SSSR count). The van der Waals surface area contributed by atoms with Gasteiger partial charge in [0.25, 0.3) is 5.91 Å². The number of nitrogens with zero attached hydrogens (tertiary/aromatic N) is 1. The molecule has 0 spiro atoms. The van der Waals surface area contributed by atoms with Crippen molar-refractivity contribution < 1.29 is 38.0 Å². The van der Waals surface area contributed by atoms with E-state index in [1.54, 1.807) is 24.9 Å². The predicted molar refractivity (Wildman–Crippen MR) is 176 cm³/mol. The molecule has 0 aromatic heterocycles. The molecular formula is C36H45FN2O7. The molecule has 248 valence electrons. The minimum absolute atomic E-state index is 0.0163. The number of aliphatic hydroxyl groups is 1. The lowest BCUT2D eigenvalue weighted by Gasteiger charge is -2.39. The van der Waals surface area contributed by atoms with Crippen molar-refractivity contribution in [2.75, 3.05) is 30.5 Å². The Morgan fingerprint density at radius 1 is 1.09 bits per heavy atom. The van der Waals surface area contributed by atoms with Crippen molar-refractivity contribution >= 4 is 23.3 Å². The third-order valence-electron chi connectivity index (χ3n) is 7.75. The predicted octanol–water partition coefficient (Wildman–Crippen LogP) is 6.56. The first-order valence-electron chi connectivity index (χ1n) is 15.5. The average Bonchev–Trinajstić information content (AvgIpc) is 2.98. The maximum Gasteiger partial charge on any atom is 0.308 e. The number of fused-ring (bicyclic) bond motifs is 1. The molecule has 1 atom stereocenters. The smallest absolute Gasteiger partial charge is 0.308 e. The number of likely N-dealkylation sites (N-methyl/N-ethyl adjacent to an activating group) is 1. The van der Waals surface area contributed by atoms with Crippen LogP contribution in [-0.4, -0.2) is 54.7 Å². The number of nitrogens with one attached hydrogen (secondary N) is 1. The highest BCUT2D eigenvalue weighted by Gasteiger charge is 2.38. The Morgan fingerprint density at radius 2 is 1.80 bits per heavy atom. The van der Waals surface area contributed by atoms with Gasteiger partial charge in [0.05, 0.1) is 24.4 Å². The van der Waals surface area contributed by atoms with E-state index in [0.29, 0.717) is 23.6 Å². The summed E-state index contributed by atoms with van der Waals surface area (Å²) in [5.74, 6) is -1.18. The first kappa shape index (κ1) is 34.7. The van der Waals surface area contributed by atoms with Crippen molar-refractivity contribution in [1.82, 2.24) is 0 Å². The first-order chi connectivity index (χ1) is 21.6. The summed E-state index contributed by atoms with van der Waals surface area (Å²) in [4.78, 5) is 27.2. The van der Waals surface area contributed by atoms with E-state index in [2.05, 4.69) is 5.32 Å². The molecule has 3 aromatic rings. The molecule has 46 heavy (non-hydrogen) atoms. The van der Waals surface area contributed by atoms with E-state index in [-0.39, 0.29) is 38.0 Å². The molecule has 0 aliphatic carbocycles. The molecule has 1 aliphatic rings. The van der Waals surface area contributed by atoms with Gasteiger partial charge in [-0.25, -0.2) is 4.39 Å². The van der Waals surface area contributed by atoms with E-state index >= 15 is 0 Å². The number of benzene rings is 3. The van der Waals surface area contributed by atoms with Crippen molar-refractivity contribution in [3.8, 4) is 22.6 Å². The minimum Gasteiger partial charge on any atom is -0.490 e. The lowest BCUT2D eigenvalue weighted by molar-refractivity contribution is -0.181. The van der Waals surface area contributed by atoms with Crippen molar-refractivity contribution in [3.63, 3.8) is 0 Å². The van der Waals surface area contributed by atoms with Crippen molar-refractivity contribution in [2.45, 2.75) is 85.3 Å². The molecule has 1 unspecified atom stereocenters. The number of esters is 1. The third kappa shape index (κ3) is 8.35. The Morgan fingerprint density at radius 3 is 2.50 bits per heavy atom. The molecule has 0 fully saturated rings. The normalized spacial score (nSPS) is 14.7. The molecule has 9 nitrogen and oxygen atoms in total. The van der Waals surface area contributed by atoms with Crippen LogP contribution in [0.15, 0.2) is 48.5 Å². The Bertz CT molecular complexity index is 1580. The highest BCUT2D eigenvalue weighted by atomic mass is 19.1. The highest BCUT2D eigenvalue weighted by Crippen LogP contribution is 2.43. The molecule has 1 amide bonds. The molecule has 0 saturated heterocycles. The van der Waals surface area contributed by atoms with E-state index in [1.165, 1.54) is 26.0 Å². The molecular weight excluding hydrogens is 591 g/mol. The monoisotopic (exact) mass is 636 g/mol. The van der Waals surface area contributed by atoms with E-state index < -0.39 is 23.4 Å². The fourth-order valence-electron chi connectivity index (χ4n) is 5.44. The fourth-order valence-corrected chi connectivity index (χ4v) is 5.44. The van der Waals surface area contributed by atoms with Crippen LogP contribution in [0.4, 0.5) is 15.8 Å². The van der Waals surface area contributed by atoms with Gasteiger partial charge in [-0.05, 0) is 94.5 Å². The van der Waals surface area contributed by atoms with Gasteiger partial charge in [0.15, 0.2) is 5.79 Å². The van der Waals surface area contributed by atoms with E-state index in [9.17, 15) is 19.1 Å². The quantitative estimate of drug-likeness (QED) is 0.161. The third-order valence-corrected chi connectivity index (χ3v) is 7.75. The van der Waals surface area contributed by atoms with Crippen LogP contribution >= 0.6 is 0 Å². The maximum atomic E-state index is 14.1. The summed E-state index contributed by atoms with van der Waals surface area (Å²) in [5.41, 5.74) is 5.15. The summed E-state index contributed by atoms with van der Waals surface area (Å²) in [6.45, 7) is 12.6. The topological polar surface area (TPSA) is 107 Å². The molecule has 0 bridgehead atoms. The number of hydrogen-bond acceptors (Lipinski definition) is 8. The van der Waals surface area contributed by atoms with E-state index in [0.717, 1.165) is 33.5 Å². The summed E-state index contributed by atoms with van der Waals surface area (Å²) >= 11 is 0. The van der Waals surface area contributed by atoms with Crippen LogP contribution < -0.4 is 19.7 Å². The van der Waals surface area contributed by atoms with Crippen molar-refractivity contribution in [3.05, 3.63) is 71.0 Å². The van der Waals surface area contributed by atoms with E-state index in [1.807, 2.05) is 58.0 Å². The van der Waals surface area contributed by atoms with Gasteiger partial charge in [0, 0.05) is 18.7 Å². The number of halogens is 1. The highest BCUT2D eigenvalue weighted by molar-refractivity contribution is 6.08. The van der Waals surface area contributed by atoms with Crippen LogP contribution in [0.3, 0.4) is 0 Å². The number of carbonyl (C=O) groups excluding carboxylic acids is 2. The van der Waals surface area contributed by atoms with Gasteiger partial charge < -0.3 is 34.3 Å². The molecule has 1 aliphatic heterocycles. The summed E-state index contributed by atoms with van der Waals surface area (Å²) in [6, 6.07) is 14.2. The number of rotatable bonds is 13. The van der Waals surface area contributed by atoms with Crippen LogP contribution in [-0.2, 0) is 32.1 Å². The minimum atomic E-state index is -1.31. The van der Waals surface area contributed by atoms with Crippen LogP contribution in [0.2, 0.25) is 0 Å². The largest absolute Gasteiger partial charge is 0.490 e. The number of ether oxygens (including phenoxy) is 4. The second-order valence-electron chi connectivity index (χ2n) is 12.6. The van der Waals surface area contributed by atoms with Crippen molar-refractivity contribution in [2.24, 2.45) is 0 Å². The van der Waals surface area contributed by atoms with Gasteiger partial charge in [-0.1, -0.05) is 25.1 Å². The van der Waals surface area contributed by atoms with Gasteiger partial charge in [-0.2, -0.15) is 0 Å². The summed E-state index contributed by atoms with van der Waals surface area (Å²) in [6.07, 6.45) is 0.209. The average molecular weight is 637 g/mol. The second kappa shape index (κ2) is 14.1. The van der Waals surface area contributed by atoms with Gasteiger partial charge in [-0.15, -0.1) is 0 Å². The zero-order chi connectivity index (χ0) is 33.8. The van der Waals surface area contributed by atoms with Gasteiger partial charge in [0.1, 0.15) is 42.2 Å². The fraction of sp³-hybridized carbons (Fsp3) is 0.444. The summed E-state index contributed by atoms with van der Waals surface area (Å²) in [7, 11) is 1.76. The zero-order valence-electron chi connectivity index (χ0n) is 28.0. The van der Waals surface area contributed by atoms with Crippen LogP contribution in [0.1, 0.15) is 64.7 Å². The van der Waals surface area contributed by atoms with E-state index in [4.69, 9.17) is 18.9 Å². The second-order valence-corrected chi connectivity index (χ2v) is 12.6. The SMILES string of the molecule is CCc1cc(OCC(C)OC(=O)CCOC(C)(C)O)ccc1-c1ccc2c(c1COc1cc(F)ccc1C)N(C)C(=O)C(C)(C)N2. The molecule has 3 aromatic carbocycles.